The summed E-state index contributed by atoms with van der Waals surface area (Å²) in [6, 6.07) is 15.9. The Labute approximate surface area is 203 Å². The summed E-state index contributed by atoms with van der Waals surface area (Å²) in [5, 5.41) is 14.3. The number of phenolic OH excluding ortho intramolecular Hbond substituents is 1. The average Bonchev–Trinajstić information content (AvgIpc) is 3.01. The second-order valence-corrected chi connectivity index (χ2v) is 8.62. The highest BCUT2D eigenvalue weighted by Gasteiger charge is 2.27. The minimum atomic E-state index is -0.874. The number of hydrogen-bond donors (Lipinski definition) is 2. The predicted molar refractivity (Wildman–Crippen MR) is 129 cm³/mol. The fourth-order valence-corrected chi connectivity index (χ4v) is 4.27. The van der Waals surface area contributed by atoms with Crippen molar-refractivity contribution in [3.05, 3.63) is 92.0 Å². The average molecular weight is 508 g/mol. The van der Waals surface area contributed by atoms with Gasteiger partial charge in [0.05, 0.1) is 17.6 Å². The summed E-state index contributed by atoms with van der Waals surface area (Å²) in [6.45, 7) is 0.224. The molecule has 0 aliphatic carbocycles. The molecule has 4 rings (SSSR count). The Hall–Kier alpha value is -2.70. The molecule has 0 atom stereocenters. The number of Topliss-reactive ketones (excluding diaryl/α,β-unsaturated/α-hetero) is 1. The summed E-state index contributed by atoms with van der Waals surface area (Å²) in [5.41, 5.74) is 1.66. The van der Waals surface area contributed by atoms with Crippen molar-refractivity contribution in [1.29, 1.82) is 0 Å². The highest BCUT2D eigenvalue weighted by molar-refractivity contribution is 6.52. The van der Waals surface area contributed by atoms with Gasteiger partial charge in [0, 0.05) is 26.1 Å². The molecule has 4 aromatic rings. The lowest BCUT2D eigenvalue weighted by Gasteiger charge is -2.10. The van der Waals surface area contributed by atoms with Gasteiger partial charge in [-0.05, 0) is 60.2 Å². The van der Waals surface area contributed by atoms with Crippen LogP contribution in [0, 0.1) is 0 Å². The van der Waals surface area contributed by atoms with Crippen LogP contribution in [0.15, 0.2) is 60.7 Å². The van der Waals surface area contributed by atoms with Gasteiger partial charge in [-0.2, -0.15) is 0 Å². The van der Waals surface area contributed by atoms with Crippen molar-refractivity contribution >= 4 is 74.7 Å². The highest BCUT2D eigenvalue weighted by Crippen LogP contribution is 2.35. The third kappa shape index (κ3) is 4.43. The fraction of sp³-hybridized carbons (Fsp3) is 0.0435. The number of nitrogens with zero attached hydrogens (tertiary/aromatic N) is 1. The van der Waals surface area contributed by atoms with E-state index < -0.39 is 11.7 Å². The molecule has 1 heterocycles. The second-order valence-electron chi connectivity index (χ2n) is 6.98. The summed E-state index contributed by atoms with van der Waals surface area (Å²) < 4.78 is 1.65. The number of aromatic nitrogens is 1. The number of benzene rings is 3. The third-order valence-corrected chi connectivity index (χ3v) is 6.09. The van der Waals surface area contributed by atoms with Crippen LogP contribution in [0.5, 0.6) is 5.75 Å². The maximum absolute atomic E-state index is 13.1. The number of hydrogen-bond acceptors (Lipinski definition) is 3. The molecule has 32 heavy (non-hydrogen) atoms. The summed E-state index contributed by atoms with van der Waals surface area (Å²) in [6.07, 6.45) is 0. The van der Waals surface area contributed by atoms with E-state index in [0.29, 0.717) is 37.2 Å². The Morgan fingerprint density at radius 1 is 0.875 bits per heavy atom. The number of nitrogens with one attached hydrogen (secondary N) is 1. The number of anilines is 1. The van der Waals surface area contributed by atoms with Gasteiger partial charge in [-0.3, -0.25) is 9.59 Å². The number of amides is 1. The van der Waals surface area contributed by atoms with E-state index in [-0.39, 0.29) is 23.0 Å². The van der Waals surface area contributed by atoms with E-state index in [1.807, 2.05) is 0 Å². The van der Waals surface area contributed by atoms with Crippen LogP contribution < -0.4 is 5.32 Å². The van der Waals surface area contributed by atoms with E-state index >= 15 is 0 Å². The Balaban J connectivity index is 1.76. The Morgan fingerprint density at radius 3 is 2.25 bits per heavy atom. The van der Waals surface area contributed by atoms with Crippen LogP contribution in [0.4, 0.5) is 5.69 Å². The Bertz CT molecular complexity index is 1360. The number of aromatic hydroxyl groups is 1. The molecule has 0 aliphatic heterocycles. The van der Waals surface area contributed by atoms with Crippen LogP contribution in [0.25, 0.3) is 10.9 Å². The van der Waals surface area contributed by atoms with Gasteiger partial charge < -0.3 is 15.0 Å². The Kier molecular flexibility index (Phi) is 6.35. The fourth-order valence-electron chi connectivity index (χ4n) is 3.34. The first-order valence-electron chi connectivity index (χ1n) is 9.30. The van der Waals surface area contributed by atoms with Crippen molar-refractivity contribution in [3.8, 4) is 5.75 Å². The molecule has 0 bridgehead atoms. The van der Waals surface area contributed by atoms with E-state index in [2.05, 4.69) is 5.32 Å². The molecule has 0 aliphatic rings. The lowest BCUT2D eigenvalue weighted by atomic mass is 10.1. The molecule has 0 saturated heterocycles. The minimum absolute atomic E-state index is 0.0193. The number of phenols is 1. The molecule has 0 fully saturated rings. The van der Waals surface area contributed by atoms with Crippen LogP contribution >= 0.6 is 46.4 Å². The minimum Gasteiger partial charge on any atom is -0.508 e. The predicted octanol–water partition coefficient (Wildman–Crippen LogP) is 6.83. The van der Waals surface area contributed by atoms with Crippen molar-refractivity contribution < 1.29 is 14.7 Å². The monoisotopic (exact) mass is 506 g/mol. The SMILES string of the molecule is O=C(Nc1ccc(Cl)cc1)C(=O)c1c(Cl)n(Cc2ccc(Cl)cc2Cl)c2ccc(O)cc12. The standard InChI is InChI=1S/C23H14Cl4N2O3/c24-13-3-5-15(6-4-13)28-23(32)21(31)20-17-10-16(30)7-8-19(17)29(22(20)27)11-12-1-2-14(25)9-18(12)26/h1-10,30H,11H2,(H,28,32). The van der Waals surface area contributed by atoms with E-state index in [9.17, 15) is 14.7 Å². The molecule has 3 aromatic carbocycles. The first-order chi connectivity index (χ1) is 15.2. The first-order valence-corrected chi connectivity index (χ1v) is 10.8. The molecular formula is C23H14Cl4N2O3. The van der Waals surface area contributed by atoms with Crippen molar-refractivity contribution in [1.82, 2.24) is 4.57 Å². The van der Waals surface area contributed by atoms with Crippen molar-refractivity contribution in [2.45, 2.75) is 6.54 Å². The van der Waals surface area contributed by atoms with Crippen LogP contribution in [-0.4, -0.2) is 21.4 Å². The molecule has 1 amide bonds. The van der Waals surface area contributed by atoms with Gasteiger partial charge in [-0.25, -0.2) is 0 Å². The molecule has 0 spiro atoms. The number of rotatable bonds is 5. The van der Waals surface area contributed by atoms with Crippen molar-refractivity contribution in [2.75, 3.05) is 5.32 Å². The smallest absolute Gasteiger partial charge is 0.296 e. The molecule has 5 nitrogen and oxygen atoms in total. The quantitative estimate of drug-likeness (QED) is 0.229. The number of halogens is 4. The Morgan fingerprint density at radius 2 is 1.56 bits per heavy atom. The number of carbonyl (C=O) groups is 2. The van der Waals surface area contributed by atoms with Crippen LogP contribution in [0.3, 0.4) is 0 Å². The van der Waals surface area contributed by atoms with Crippen molar-refractivity contribution in [2.24, 2.45) is 0 Å². The molecule has 0 unspecified atom stereocenters. The lowest BCUT2D eigenvalue weighted by Crippen LogP contribution is -2.23. The zero-order valence-corrected chi connectivity index (χ0v) is 19.2. The molecule has 0 radical (unpaired) electrons. The highest BCUT2D eigenvalue weighted by atomic mass is 35.5. The van der Waals surface area contributed by atoms with E-state index in [1.54, 1.807) is 53.1 Å². The van der Waals surface area contributed by atoms with Gasteiger partial charge in [-0.1, -0.05) is 52.5 Å². The van der Waals surface area contributed by atoms with Gasteiger partial charge >= 0.3 is 0 Å². The van der Waals surface area contributed by atoms with Gasteiger partial charge in [0.2, 0.25) is 0 Å². The molecule has 2 N–H and O–H groups in total. The van der Waals surface area contributed by atoms with Gasteiger partial charge in [0.1, 0.15) is 10.9 Å². The molecule has 9 heteroatoms. The van der Waals surface area contributed by atoms with Gasteiger partial charge in [0.15, 0.2) is 0 Å². The lowest BCUT2D eigenvalue weighted by molar-refractivity contribution is -0.112. The summed E-state index contributed by atoms with van der Waals surface area (Å²) >= 11 is 24.7. The maximum atomic E-state index is 13.1. The van der Waals surface area contributed by atoms with E-state index in [4.69, 9.17) is 46.4 Å². The topological polar surface area (TPSA) is 71.3 Å². The second kappa shape index (κ2) is 9.04. The van der Waals surface area contributed by atoms with E-state index in [0.717, 1.165) is 0 Å². The summed E-state index contributed by atoms with van der Waals surface area (Å²) in [7, 11) is 0. The first kappa shape index (κ1) is 22.5. The zero-order valence-electron chi connectivity index (χ0n) is 16.2. The number of fused-ring (bicyclic) bond motifs is 1. The third-order valence-electron chi connectivity index (χ3n) is 4.86. The number of ketones is 1. The maximum Gasteiger partial charge on any atom is 0.296 e. The molecular weight excluding hydrogens is 494 g/mol. The largest absolute Gasteiger partial charge is 0.508 e. The summed E-state index contributed by atoms with van der Waals surface area (Å²) in [5.74, 6) is -1.79. The van der Waals surface area contributed by atoms with Crippen molar-refractivity contribution in [3.63, 3.8) is 0 Å². The van der Waals surface area contributed by atoms with Crippen LogP contribution in [0.1, 0.15) is 15.9 Å². The molecule has 162 valence electrons. The van der Waals surface area contributed by atoms with Gasteiger partial charge in [0.25, 0.3) is 11.7 Å². The van der Waals surface area contributed by atoms with Crippen LogP contribution in [0.2, 0.25) is 20.2 Å². The van der Waals surface area contributed by atoms with E-state index in [1.165, 1.54) is 12.1 Å². The molecule has 0 saturated carbocycles. The van der Waals surface area contributed by atoms with Crippen LogP contribution in [-0.2, 0) is 11.3 Å². The summed E-state index contributed by atoms with van der Waals surface area (Å²) in [4.78, 5) is 25.8. The zero-order chi connectivity index (χ0) is 23.0. The van der Waals surface area contributed by atoms with Gasteiger partial charge in [-0.15, -0.1) is 0 Å². The number of carbonyl (C=O) groups excluding carboxylic acids is 2. The normalized spacial score (nSPS) is 11.0. The molecule has 1 aromatic heterocycles.